The summed E-state index contributed by atoms with van der Waals surface area (Å²) < 4.78 is 4.10. The highest BCUT2D eigenvalue weighted by Crippen LogP contribution is 2.32. The molecular formula is C11H19N3OS. The monoisotopic (exact) mass is 241 g/mol. The molecule has 1 saturated carbocycles. The van der Waals surface area contributed by atoms with E-state index < -0.39 is 5.60 Å². The van der Waals surface area contributed by atoms with E-state index in [0.717, 1.165) is 42.6 Å². The zero-order chi connectivity index (χ0) is 11.6. The Morgan fingerprint density at radius 3 is 2.75 bits per heavy atom. The van der Waals surface area contributed by atoms with Crippen LogP contribution in [-0.4, -0.2) is 26.6 Å². The molecule has 2 N–H and O–H groups in total. The van der Waals surface area contributed by atoms with Gasteiger partial charge in [0.2, 0.25) is 5.13 Å². The van der Waals surface area contributed by atoms with Gasteiger partial charge in [-0.25, -0.2) is 4.98 Å². The number of nitrogens with zero attached hydrogens (tertiary/aromatic N) is 2. The van der Waals surface area contributed by atoms with E-state index in [4.69, 9.17) is 0 Å². The van der Waals surface area contributed by atoms with Gasteiger partial charge in [0.25, 0.3) is 0 Å². The fourth-order valence-electron chi connectivity index (χ4n) is 2.09. The lowest BCUT2D eigenvalue weighted by Gasteiger charge is -2.34. The highest BCUT2D eigenvalue weighted by molar-refractivity contribution is 7.09. The number of nitrogens with one attached hydrogen (secondary N) is 1. The van der Waals surface area contributed by atoms with Crippen LogP contribution in [0.5, 0.6) is 0 Å². The fraction of sp³-hybridized carbons (Fsp3) is 0.818. The predicted molar refractivity (Wildman–Crippen MR) is 65.7 cm³/mol. The molecule has 1 fully saturated rings. The van der Waals surface area contributed by atoms with Gasteiger partial charge in [0.15, 0.2) is 0 Å². The van der Waals surface area contributed by atoms with Gasteiger partial charge in [-0.1, -0.05) is 6.92 Å². The maximum Gasteiger partial charge on any atom is 0.202 e. The Bertz CT molecular complexity index is 345. The maximum absolute atomic E-state index is 10.4. The molecule has 0 bridgehead atoms. The van der Waals surface area contributed by atoms with Crippen molar-refractivity contribution >= 4 is 16.7 Å². The van der Waals surface area contributed by atoms with Gasteiger partial charge in [0.05, 0.1) is 5.60 Å². The molecule has 1 aromatic heterocycles. The largest absolute Gasteiger partial charge is 0.388 e. The van der Waals surface area contributed by atoms with Crippen molar-refractivity contribution in [3.8, 4) is 0 Å². The number of hydrogen-bond donors (Lipinski definition) is 2. The first-order chi connectivity index (χ1) is 7.57. The van der Waals surface area contributed by atoms with E-state index in [1.54, 1.807) is 0 Å². The summed E-state index contributed by atoms with van der Waals surface area (Å²) in [5.74, 6) is 1.54. The topological polar surface area (TPSA) is 58.0 Å². The van der Waals surface area contributed by atoms with E-state index in [1.165, 1.54) is 11.5 Å². The Morgan fingerprint density at radius 1 is 1.50 bits per heavy atom. The van der Waals surface area contributed by atoms with Crippen LogP contribution in [0.25, 0.3) is 0 Å². The van der Waals surface area contributed by atoms with E-state index in [0.29, 0.717) is 6.54 Å². The van der Waals surface area contributed by atoms with Crippen molar-refractivity contribution in [1.29, 1.82) is 0 Å². The second-order valence-corrected chi connectivity index (χ2v) is 5.66. The van der Waals surface area contributed by atoms with Gasteiger partial charge in [-0.3, -0.25) is 0 Å². The van der Waals surface area contributed by atoms with Crippen LogP contribution in [0, 0.1) is 12.8 Å². The van der Waals surface area contributed by atoms with Crippen LogP contribution in [0.4, 0.5) is 5.13 Å². The summed E-state index contributed by atoms with van der Waals surface area (Å²) in [7, 11) is 0. The zero-order valence-corrected chi connectivity index (χ0v) is 10.7. The van der Waals surface area contributed by atoms with Crippen LogP contribution in [0.2, 0.25) is 0 Å². The lowest BCUT2D eigenvalue weighted by atomic mass is 9.79. The minimum atomic E-state index is -0.550. The average Bonchev–Trinajstić information content (AvgIpc) is 2.67. The van der Waals surface area contributed by atoms with Gasteiger partial charge in [0, 0.05) is 18.1 Å². The molecule has 5 heteroatoms. The molecule has 1 aliphatic carbocycles. The summed E-state index contributed by atoms with van der Waals surface area (Å²) in [5, 5.41) is 14.3. The number of rotatable bonds is 3. The van der Waals surface area contributed by atoms with Crippen molar-refractivity contribution in [3.05, 3.63) is 5.82 Å². The first kappa shape index (κ1) is 11.8. The third-order valence-electron chi connectivity index (χ3n) is 3.30. The van der Waals surface area contributed by atoms with Gasteiger partial charge >= 0.3 is 0 Å². The first-order valence-electron chi connectivity index (χ1n) is 5.84. The van der Waals surface area contributed by atoms with E-state index in [2.05, 4.69) is 21.6 Å². The molecule has 1 heterocycles. The van der Waals surface area contributed by atoms with Crippen molar-refractivity contribution in [2.45, 2.75) is 45.1 Å². The zero-order valence-electron chi connectivity index (χ0n) is 9.86. The number of anilines is 1. The minimum absolute atomic E-state index is 0.550. The molecule has 0 atom stereocenters. The molecule has 1 aliphatic rings. The molecule has 0 radical (unpaired) electrons. The number of aryl methyl sites for hydroxylation is 1. The molecule has 0 spiro atoms. The van der Waals surface area contributed by atoms with Crippen molar-refractivity contribution in [2.75, 3.05) is 11.9 Å². The number of hydrogen-bond acceptors (Lipinski definition) is 5. The highest BCUT2D eigenvalue weighted by Gasteiger charge is 2.31. The van der Waals surface area contributed by atoms with E-state index in [1.807, 2.05) is 6.92 Å². The van der Waals surface area contributed by atoms with Crippen LogP contribution in [0.3, 0.4) is 0 Å². The smallest absolute Gasteiger partial charge is 0.202 e. The molecule has 0 amide bonds. The third-order valence-corrected chi connectivity index (χ3v) is 4.07. The molecule has 4 nitrogen and oxygen atoms in total. The summed E-state index contributed by atoms with van der Waals surface area (Å²) in [6, 6.07) is 0. The average molecular weight is 241 g/mol. The SMILES string of the molecule is Cc1nsc(NCC2(O)CCC(C)CC2)n1. The Hall–Kier alpha value is -0.680. The van der Waals surface area contributed by atoms with Gasteiger partial charge in [-0.2, -0.15) is 4.37 Å². The van der Waals surface area contributed by atoms with E-state index in [-0.39, 0.29) is 0 Å². The molecular weight excluding hydrogens is 222 g/mol. The van der Waals surface area contributed by atoms with Crippen LogP contribution < -0.4 is 5.32 Å². The van der Waals surface area contributed by atoms with Crippen molar-refractivity contribution in [3.63, 3.8) is 0 Å². The van der Waals surface area contributed by atoms with E-state index >= 15 is 0 Å². The molecule has 16 heavy (non-hydrogen) atoms. The second-order valence-electron chi connectivity index (χ2n) is 4.91. The van der Waals surface area contributed by atoms with Gasteiger partial charge in [0.1, 0.15) is 5.82 Å². The highest BCUT2D eigenvalue weighted by atomic mass is 32.1. The molecule has 0 unspecified atom stereocenters. The van der Waals surface area contributed by atoms with Crippen molar-refractivity contribution in [1.82, 2.24) is 9.36 Å². The van der Waals surface area contributed by atoms with Gasteiger partial charge < -0.3 is 10.4 Å². The Morgan fingerprint density at radius 2 is 2.19 bits per heavy atom. The third kappa shape index (κ3) is 2.92. The van der Waals surface area contributed by atoms with Crippen LogP contribution in [-0.2, 0) is 0 Å². The Labute approximate surface area is 100 Å². The summed E-state index contributed by atoms with van der Waals surface area (Å²) in [5.41, 5.74) is -0.550. The van der Waals surface area contributed by atoms with Crippen molar-refractivity contribution < 1.29 is 5.11 Å². The molecule has 0 saturated heterocycles. The minimum Gasteiger partial charge on any atom is -0.388 e. The van der Waals surface area contributed by atoms with Gasteiger partial charge in [-0.15, -0.1) is 0 Å². The van der Waals surface area contributed by atoms with Crippen LogP contribution in [0.15, 0.2) is 0 Å². The van der Waals surface area contributed by atoms with Crippen molar-refractivity contribution in [2.24, 2.45) is 5.92 Å². The quantitative estimate of drug-likeness (QED) is 0.851. The maximum atomic E-state index is 10.4. The Kier molecular flexibility index (Phi) is 3.44. The van der Waals surface area contributed by atoms with Crippen LogP contribution >= 0.6 is 11.5 Å². The molecule has 0 aromatic carbocycles. The summed E-state index contributed by atoms with van der Waals surface area (Å²) in [4.78, 5) is 4.23. The molecule has 90 valence electrons. The lowest BCUT2D eigenvalue weighted by Crippen LogP contribution is -2.40. The normalized spacial score (nSPS) is 30.3. The van der Waals surface area contributed by atoms with Gasteiger partial charge in [-0.05, 0) is 38.5 Å². The standard InChI is InChI=1S/C11H19N3OS/c1-8-3-5-11(15,6-4-8)7-12-10-13-9(2)14-16-10/h8,15H,3-7H2,1-2H3,(H,12,13,14). The predicted octanol–water partition coefficient (Wildman–Crippen LogP) is 2.20. The summed E-state index contributed by atoms with van der Waals surface area (Å²) >= 11 is 1.35. The number of aromatic nitrogens is 2. The Balaban J connectivity index is 1.85. The summed E-state index contributed by atoms with van der Waals surface area (Å²) in [6.45, 7) is 4.72. The fourth-order valence-corrected chi connectivity index (χ4v) is 2.65. The van der Waals surface area contributed by atoms with E-state index in [9.17, 15) is 5.11 Å². The molecule has 0 aliphatic heterocycles. The second kappa shape index (κ2) is 4.67. The van der Waals surface area contributed by atoms with Crippen LogP contribution in [0.1, 0.15) is 38.4 Å². The lowest BCUT2D eigenvalue weighted by molar-refractivity contribution is 0.00501. The first-order valence-corrected chi connectivity index (χ1v) is 6.61. The number of aliphatic hydroxyl groups is 1. The molecule has 2 rings (SSSR count). The summed E-state index contributed by atoms with van der Waals surface area (Å²) in [6.07, 6.45) is 4.01. The molecule has 1 aromatic rings.